The van der Waals surface area contributed by atoms with Gasteiger partial charge in [0.25, 0.3) is 0 Å². The fourth-order valence-electron chi connectivity index (χ4n) is 0.708. The molecule has 0 atom stereocenters. The number of hydrogen-bond donors (Lipinski definition) is 1. The summed E-state index contributed by atoms with van der Waals surface area (Å²) in [6.07, 6.45) is 1.58. The van der Waals surface area contributed by atoms with Crippen LogP contribution in [0, 0.1) is 0 Å². The van der Waals surface area contributed by atoms with Crippen molar-refractivity contribution < 1.29 is 9.78 Å². The van der Waals surface area contributed by atoms with E-state index < -0.39 is 0 Å². The van der Waals surface area contributed by atoms with Crippen LogP contribution in [-0.4, -0.2) is 11.6 Å². The van der Waals surface area contributed by atoms with Crippen molar-refractivity contribution >= 4 is 0 Å². The van der Waals surface area contributed by atoms with E-state index in [1.54, 1.807) is 18.3 Å². The molecule has 0 amide bonds. The highest BCUT2D eigenvalue weighted by molar-refractivity contribution is 5.18. The zero-order valence-electron chi connectivity index (χ0n) is 6.99. The van der Waals surface area contributed by atoms with Gasteiger partial charge in [-0.25, -0.2) is 0 Å². The molecule has 2 N–H and O–H groups in total. The Bertz CT molecular complexity index is 223. The van der Waals surface area contributed by atoms with E-state index >= 15 is 0 Å². The molecule has 0 bridgehead atoms. The largest absolute Gasteiger partial charge is 0.336 e. The second-order valence-electron chi connectivity index (χ2n) is 2.18. The molecule has 4 heteroatoms. The maximum Gasteiger partial charge on any atom is 0.183 e. The molecule has 0 unspecified atom stereocenters. The van der Waals surface area contributed by atoms with Crippen molar-refractivity contribution in [3.63, 3.8) is 0 Å². The average Bonchev–Trinajstić information content (AvgIpc) is 2.15. The minimum atomic E-state index is 0.439. The first-order valence-electron chi connectivity index (χ1n) is 3.81. The lowest BCUT2D eigenvalue weighted by atomic mass is 10.3. The Hall–Kier alpha value is -1.13. The first-order valence-corrected chi connectivity index (χ1v) is 3.81. The molecule has 0 saturated heterocycles. The van der Waals surface area contributed by atoms with E-state index in [1.807, 2.05) is 6.92 Å². The van der Waals surface area contributed by atoms with Crippen molar-refractivity contribution in [1.29, 1.82) is 0 Å². The smallest absolute Gasteiger partial charge is 0.183 e. The van der Waals surface area contributed by atoms with Crippen molar-refractivity contribution in [1.82, 2.24) is 4.98 Å². The monoisotopic (exact) mass is 168 g/mol. The van der Waals surface area contributed by atoms with E-state index in [1.165, 1.54) is 0 Å². The molecule has 66 valence electrons. The predicted molar refractivity (Wildman–Crippen MR) is 44.4 cm³/mol. The fraction of sp³-hybridized carbons (Fsp3) is 0.375. The number of aromatic nitrogens is 1. The molecular weight excluding hydrogens is 156 g/mol. The highest BCUT2D eigenvalue weighted by atomic mass is 17.2. The van der Waals surface area contributed by atoms with Gasteiger partial charge in [0.05, 0.1) is 18.5 Å². The van der Waals surface area contributed by atoms with Crippen molar-refractivity contribution in [3.8, 4) is 5.75 Å². The van der Waals surface area contributed by atoms with Crippen LogP contribution in [0.1, 0.15) is 12.6 Å². The first kappa shape index (κ1) is 8.96. The molecular formula is C8H12N2O2. The summed E-state index contributed by atoms with van der Waals surface area (Å²) < 4.78 is 0. The van der Waals surface area contributed by atoms with E-state index in [-0.39, 0.29) is 0 Å². The molecule has 0 spiro atoms. The lowest BCUT2D eigenvalue weighted by Gasteiger charge is -2.01. The number of pyridine rings is 1. The number of rotatable bonds is 4. The second kappa shape index (κ2) is 4.69. The molecule has 1 heterocycles. The summed E-state index contributed by atoms with van der Waals surface area (Å²) in [6.45, 7) is 2.80. The number of nitrogens with two attached hydrogens (primary N) is 1. The van der Waals surface area contributed by atoms with E-state index in [2.05, 4.69) is 4.98 Å². The molecule has 0 saturated carbocycles. The van der Waals surface area contributed by atoms with Gasteiger partial charge in [0.2, 0.25) is 0 Å². The third kappa shape index (κ3) is 2.48. The van der Waals surface area contributed by atoms with Crippen LogP contribution in [0.4, 0.5) is 0 Å². The summed E-state index contributed by atoms with van der Waals surface area (Å²) in [6, 6.07) is 3.57. The molecule has 0 aliphatic heterocycles. The third-order valence-electron chi connectivity index (χ3n) is 1.28. The quantitative estimate of drug-likeness (QED) is 0.535. The van der Waals surface area contributed by atoms with Crippen LogP contribution in [0.2, 0.25) is 0 Å². The average molecular weight is 168 g/mol. The normalized spacial score (nSPS) is 9.83. The van der Waals surface area contributed by atoms with Gasteiger partial charge in [0.1, 0.15) is 0 Å². The van der Waals surface area contributed by atoms with Gasteiger partial charge in [-0.15, -0.1) is 0 Å². The standard InChI is InChI=1S/C8H12N2O2/c1-2-11-12-8-4-3-7(5-9)10-6-8/h3-4,6H,2,5,9H2,1H3. The van der Waals surface area contributed by atoms with E-state index in [0.29, 0.717) is 18.9 Å². The topological polar surface area (TPSA) is 57.4 Å². The Morgan fingerprint density at radius 2 is 2.33 bits per heavy atom. The van der Waals surface area contributed by atoms with Crippen molar-refractivity contribution in [2.24, 2.45) is 5.73 Å². The van der Waals surface area contributed by atoms with E-state index in [9.17, 15) is 0 Å². The summed E-state index contributed by atoms with van der Waals surface area (Å²) >= 11 is 0. The minimum absolute atomic E-state index is 0.439. The molecule has 4 nitrogen and oxygen atoms in total. The van der Waals surface area contributed by atoms with Gasteiger partial charge in [-0.1, -0.05) is 0 Å². The first-order chi connectivity index (χ1) is 5.86. The number of nitrogens with zero attached hydrogens (tertiary/aromatic N) is 1. The van der Waals surface area contributed by atoms with Crippen LogP contribution >= 0.6 is 0 Å². The van der Waals surface area contributed by atoms with Crippen molar-refractivity contribution in [2.45, 2.75) is 13.5 Å². The summed E-state index contributed by atoms with van der Waals surface area (Å²) in [5.41, 5.74) is 6.20. The summed E-state index contributed by atoms with van der Waals surface area (Å²) in [5.74, 6) is 0.592. The van der Waals surface area contributed by atoms with Crippen molar-refractivity contribution in [3.05, 3.63) is 24.0 Å². The molecule has 0 aliphatic rings. The molecule has 0 fully saturated rings. The lowest BCUT2D eigenvalue weighted by molar-refractivity contribution is -0.202. The molecule has 1 rings (SSSR count). The maximum atomic E-state index is 5.37. The Kier molecular flexibility index (Phi) is 3.50. The highest BCUT2D eigenvalue weighted by Gasteiger charge is 1.94. The third-order valence-corrected chi connectivity index (χ3v) is 1.28. The van der Waals surface area contributed by atoms with Gasteiger partial charge in [0, 0.05) is 6.54 Å². The van der Waals surface area contributed by atoms with Gasteiger partial charge >= 0.3 is 0 Å². The fourth-order valence-corrected chi connectivity index (χ4v) is 0.708. The summed E-state index contributed by atoms with van der Waals surface area (Å²) in [7, 11) is 0. The SMILES string of the molecule is CCOOc1ccc(CN)nc1. The van der Waals surface area contributed by atoms with Gasteiger partial charge in [-0.05, 0) is 19.1 Å². The Morgan fingerprint density at radius 1 is 1.50 bits per heavy atom. The van der Waals surface area contributed by atoms with Gasteiger partial charge < -0.3 is 10.6 Å². The van der Waals surface area contributed by atoms with Crippen LogP contribution in [0.25, 0.3) is 0 Å². The second-order valence-corrected chi connectivity index (χ2v) is 2.18. The molecule has 12 heavy (non-hydrogen) atoms. The van der Waals surface area contributed by atoms with E-state index in [0.717, 1.165) is 5.69 Å². The van der Waals surface area contributed by atoms with Crippen LogP contribution in [0.3, 0.4) is 0 Å². The maximum absolute atomic E-state index is 5.37. The van der Waals surface area contributed by atoms with Crippen LogP contribution < -0.4 is 10.6 Å². The lowest BCUT2D eigenvalue weighted by Crippen LogP contribution is -2.00. The zero-order valence-corrected chi connectivity index (χ0v) is 6.99. The highest BCUT2D eigenvalue weighted by Crippen LogP contribution is 2.08. The van der Waals surface area contributed by atoms with Gasteiger partial charge in [-0.3, -0.25) is 4.98 Å². The Labute approximate surface area is 71.2 Å². The van der Waals surface area contributed by atoms with Gasteiger partial charge in [-0.2, -0.15) is 4.89 Å². The molecule has 1 aromatic heterocycles. The van der Waals surface area contributed by atoms with Crippen molar-refractivity contribution in [2.75, 3.05) is 6.61 Å². The van der Waals surface area contributed by atoms with Gasteiger partial charge in [0.15, 0.2) is 5.75 Å². The Balaban J connectivity index is 2.53. The van der Waals surface area contributed by atoms with Crippen LogP contribution in [0.15, 0.2) is 18.3 Å². The summed E-state index contributed by atoms with van der Waals surface area (Å²) in [5, 5.41) is 0. The number of hydrogen-bond acceptors (Lipinski definition) is 4. The van der Waals surface area contributed by atoms with E-state index in [4.69, 9.17) is 15.5 Å². The zero-order chi connectivity index (χ0) is 8.81. The molecule has 0 radical (unpaired) electrons. The molecule has 0 aromatic carbocycles. The Morgan fingerprint density at radius 3 is 2.83 bits per heavy atom. The van der Waals surface area contributed by atoms with Crippen LogP contribution in [-0.2, 0) is 11.4 Å². The molecule has 0 aliphatic carbocycles. The predicted octanol–water partition coefficient (Wildman–Crippen LogP) is 0.871. The minimum Gasteiger partial charge on any atom is -0.336 e. The molecule has 1 aromatic rings. The van der Waals surface area contributed by atoms with Crippen LogP contribution in [0.5, 0.6) is 5.75 Å². The summed E-state index contributed by atoms with van der Waals surface area (Å²) in [4.78, 5) is 13.6.